The number of nitrogens with zero attached hydrogens (tertiary/aromatic N) is 1. The van der Waals surface area contributed by atoms with E-state index in [0.717, 1.165) is 11.3 Å². The van der Waals surface area contributed by atoms with Gasteiger partial charge in [0.15, 0.2) is 0 Å². The quantitative estimate of drug-likeness (QED) is 0.473. The number of benzene rings is 1. The zero-order chi connectivity index (χ0) is 21.3. The van der Waals surface area contributed by atoms with Gasteiger partial charge < -0.3 is 16.0 Å². The second kappa shape index (κ2) is 8.30. The van der Waals surface area contributed by atoms with Crippen molar-refractivity contribution in [2.75, 3.05) is 16.8 Å². The number of nitrogens with one attached hydrogen (secondary N) is 3. The first-order valence-corrected chi connectivity index (χ1v) is 10.4. The van der Waals surface area contributed by atoms with E-state index >= 15 is 0 Å². The van der Waals surface area contributed by atoms with Gasteiger partial charge in [0.2, 0.25) is 11.8 Å². The van der Waals surface area contributed by atoms with Crippen molar-refractivity contribution in [3.05, 3.63) is 36.4 Å². The van der Waals surface area contributed by atoms with Crippen LogP contribution in [0.15, 0.2) is 36.4 Å². The van der Waals surface area contributed by atoms with Crippen molar-refractivity contribution in [1.29, 1.82) is 0 Å². The lowest BCUT2D eigenvalue weighted by atomic mass is 9.93. The monoisotopic (exact) mass is 410 g/mol. The summed E-state index contributed by atoms with van der Waals surface area (Å²) < 4.78 is 0. The lowest BCUT2D eigenvalue weighted by molar-refractivity contribution is -0.122. The zero-order valence-electron chi connectivity index (χ0n) is 16.9. The van der Waals surface area contributed by atoms with Crippen LogP contribution in [-0.4, -0.2) is 36.3 Å². The van der Waals surface area contributed by atoms with Crippen molar-refractivity contribution in [2.45, 2.75) is 38.6 Å². The second-order valence-corrected chi connectivity index (χ2v) is 8.29. The number of carbonyl (C=O) groups is 4. The molecule has 1 aromatic rings. The van der Waals surface area contributed by atoms with E-state index < -0.39 is 18.0 Å². The van der Waals surface area contributed by atoms with Crippen molar-refractivity contribution in [1.82, 2.24) is 10.6 Å². The number of anilines is 2. The van der Waals surface area contributed by atoms with Crippen molar-refractivity contribution >= 4 is 35.1 Å². The Labute approximate surface area is 175 Å². The molecule has 4 rings (SSSR count). The normalized spacial score (nSPS) is 26.8. The topological polar surface area (TPSA) is 108 Å². The summed E-state index contributed by atoms with van der Waals surface area (Å²) in [6.07, 6.45) is 7.28. The molecular weight excluding hydrogens is 384 g/mol. The van der Waals surface area contributed by atoms with E-state index in [0.29, 0.717) is 35.7 Å². The third kappa shape index (κ3) is 4.22. The Morgan fingerprint density at radius 2 is 2.03 bits per heavy atom. The highest BCUT2D eigenvalue weighted by atomic mass is 16.2. The number of carbonyl (C=O) groups excluding carboxylic acids is 4. The molecule has 1 heterocycles. The molecule has 8 heteroatoms. The fraction of sp³-hybridized carbons (Fsp3) is 0.455. The van der Waals surface area contributed by atoms with E-state index in [1.807, 2.05) is 0 Å². The fourth-order valence-electron chi connectivity index (χ4n) is 4.64. The maximum atomic E-state index is 12.7. The van der Waals surface area contributed by atoms with E-state index in [9.17, 15) is 19.2 Å². The third-order valence-electron chi connectivity index (χ3n) is 6.08. The van der Waals surface area contributed by atoms with Gasteiger partial charge in [0.05, 0.1) is 5.69 Å². The van der Waals surface area contributed by atoms with Crippen molar-refractivity contribution in [3.63, 3.8) is 0 Å². The van der Waals surface area contributed by atoms with Crippen LogP contribution in [0, 0.1) is 17.8 Å². The highest BCUT2D eigenvalue weighted by Crippen LogP contribution is 2.42. The minimum absolute atomic E-state index is 0.102. The molecule has 4 atom stereocenters. The first kappa shape index (κ1) is 20.1. The van der Waals surface area contributed by atoms with E-state index in [1.54, 1.807) is 24.3 Å². The summed E-state index contributed by atoms with van der Waals surface area (Å²) in [4.78, 5) is 49.6. The van der Waals surface area contributed by atoms with E-state index in [4.69, 9.17) is 0 Å². The molecule has 1 saturated carbocycles. The Bertz CT molecular complexity index is 912. The average Bonchev–Trinajstić information content (AvgIpc) is 3.39. The van der Waals surface area contributed by atoms with Gasteiger partial charge in [-0.15, -0.1) is 0 Å². The zero-order valence-corrected chi connectivity index (χ0v) is 16.9. The maximum absolute atomic E-state index is 12.7. The molecule has 158 valence electrons. The number of amides is 5. The number of imide groups is 1. The van der Waals surface area contributed by atoms with Gasteiger partial charge in [-0.3, -0.25) is 14.4 Å². The Morgan fingerprint density at radius 3 is 2.73 bits per heavy atom. The summed E-state index contributed by atoms with van der Waals surface area (Å²) >= 11 is 0. The average molecular weight is 410 g/mol. The number of rotatable bonds is 7. The summed E-state index contributed by atoms with van der Waals surface area (Å²) in [7, 11) is 0. The molecule has 0 unspecified atom stereocenters. The molecule has 0 radical (unpaired) electrons. The van der Waals surface area contributed by atoms with Crippen LogP contribution in [0.5, 0.6) is 0 Å². The van der Waals surface area contributed by atoms with Crippen LogP contribution in [0.4, 0.5) is 16.2 Å². The molecule has 1 aromatic carbocycles. The van der Waals surface area contributed by atoms with Crippen LogP contribution in [0.2, 0.25) is 0 Å². The van der Waals surface area contributed by atoms with Gasteiger partial charge in [-0.1, -0.05) is 18.2 Å². The largest absolute Gasteiger partial charge is 0.356 e. The summed E-state index contributed by atoms with van der Waals surface area (Å²) in [6, 6.07) is 5.26. The third-order valence-corrected chi connectivity index (χ3v) is 6.08. The first-order chi connectivity index (χ1) is 14.4. The molecule has 3 N–H and O–H groups in total. The van der Waals surface area contributed by atoms with Gasteiger partial charge >= 0.3 is 6.03 Å². The van der Waals surface area contributed by atoms with Gasteiger partial charge in [-0.2, -0.15) is 0 Å². The summed E-state index contributed by atoms with van der Waals surface area (Å²) in [6.45, 7) is 2.05. The molecule has 5 amide bonds. The minimum atomic E-state index is -0.738. The Hall–Kier alpha value is -3.16. The van der Waals surface area contributed by atoms with Crippen molar-refractivity contribution < 1.29 is 19.2 Å². The van der Waals surface area contributed by atoms with Gasteiger partial charge in [0.25, 0.3) is 5.91 Å². The van der Waals surface area contributed by atoms with Crippen molar-refractivity contribution in [3.8, 4) is 0 Å². The SMILES string of the molecule is CC(=O)Nc1cccc(N2C(=O)N[C@@H](CCC(=O)NC[C@@H]3C[C@H]4C=C[C@@H]3C4)C2=O)c1. The number of fused-ring (bicyclic) bond motifs is 2. The smallest absolute Gasteiger partial charge is 0.329 e. The summed E-state index contributed by atoms with van der Waals surface area (Å²) in [5.74, 6) is 1.00. The Balaban J connectivity index is 1.29. The molecule has 1 saturated heterocycles. The Kier molecular flexibility index (Phi) is 5.57. The van der Waals surface area contributed by atoms with Crippen LogP contribution in [0.3, 0.4) is 0 Å². The molecule has 0 aromatic heterocycles. The lowest BCUT2D eigenvalue weighted by Gasteiger charge is -2.18. The molecular formula is C22H26N4O4. The highest BCUT2D eigenvalue weighted by Gasteiger charge is 2.39. The molecule has 2 aliphatic carbocycles. The van der Waals surface area contributed by atoms with Crippen LogP contribution >= 0.6 is 0 Å². The molecule has 8 nitrogen and oxygen atoms in total. The van der Waals surface area contributed by atoms with Crippen LogP contribution in [0.25, 0.3) is 0 Å². The summed E-state index contributed by atoms with van der Waals surface area (Å²) in [5.41, 5.74) is 0.874. The number of urea groups is 1. The fourth-order valence-corrected chi connectivity index (χ4v) is 4.64. The van der Waals surface area contributed by atoms with E-state index in [-0.39, 0.29) is 24.7 Å². The highest BCUT2D eigenvalue weighted by molar-refractivity contribution is 6.21. The van der Waals surface area contributed by atoms with Gasteiger partial charge in [-0.25, -0.2) is 9.69 Å². The summed E-state index contributed by atoms with van der Waals surface area (Å²) in [5, 5.41) is 8.26. The lowest BCUT2D eigenvalue weighted by Crippen LogP contribution is -2.34. The molecule has 1 aliphatic heterocycles. The van der Waals surface area contributed by atoms with Crippen LogP contribution < -0.4 is 20.9 Å². The number of hydrogen-bond donors (Lipinski definition) is 3. The molecule has 3 aliphatic rings. The molecule has 30 heavy (non-hydrogen) atoms. The maximum Gasteiger partial charge on any atom is 0.329 e. The predicted octanol–water partition coefficient (Wildman–Crippen LogP) is 2.18. The van der Waals surface area contributed by atoms with Crippen LogP contribution in [0.1, 0.15) is 32.6 Å². The standard InChI is InChI=1S/C22H26N4O4/c1-13(27)24-17-3-2-4-18(11-17)26-21(29)19(25-22(26)30)7-8-20(28)23-12-16-10-14-5-6-15(16)9-14/h2-6,11,14-16,19H,7-10,12H2,1H3,(H,23,28)(H,24,27)(H,25,30)/t14-,15+,16-,19-/m0/s1. The van der Waals surface area contributed by atoms with Gasteiger partial charge in [-0.05, 0) is 55.2 Å². The minimum Gasteiger partial charge on any atom is -0.356 e. The van der Waals surface area contributed by atoms with Crippen LogP contribution in [-0.2, 0) is 14.4 Å². The molecule has 0 spiro atoms. The van der Waals surface area contributed by atoms with E-state index in [1.165, 1.54) is 13.3 Å². The van der Waals surface area contributed by atoms with Crippen molar-refractivity contribution in [2.24, 2.45) is 17.8 Å². The predicted molar refractivity (Wildman–Crippen MR) is 112 cm³/mol. The number of allylic oxidation sites excluding steroid dienone is 2. The second-order valence-electron chi connectivity index (χ2n) is 8.29. The molecule has 2 bridgehead atoms. The molecule has 2 fully saturated rings. The Morgan fingerprint density at radius 1 is 1.20 bits per heavy atom. The van der Waals surface area contributed by atoms with Gasteiger partial charge in [0.1, 0.15) is 6.04 Å². The number of hydrogen-bond acceptors (Lipinski definition) is 4. The first-order valence-electron chi connectivity index (χ1n) is 10.4. The van der Waals surface area contributed by atoms with Gasteiger partial charge in [0, 0.05) is 25.6 Å². The van der Waals surface area contributed by atoms with E-state index in [2.05, 4.69) is 28.1 Å².